The van der Waals surface area contributed by atoms with Gasteiger partial charge in [-0.3, -0.25) is 9.55 Å². The minimum Gasteiger partial charge on any atom is -0.491 e. The van der Waals surface area contributed by atoms with E-state index < -0.39 is 0 Å². The highest BCUT2D eigenvalue weighted by Gasteiger charge is 2.28. The SMILES string of the molecule is Nc1nc2cnccc2n1C1COc2ccccc21. The number of benzene rings is 1. The lowest BCUT2D eigenvalue weighted by Gasteiger charge is -2.13. The highest BCUT2D eigenvalue weighted by atomic mass is 16.5. The van der Waals surface area contributed by atoms with Crippen molar-refractivity contribution >= 4 is 17.0 Å². The molecule has 1 unspecified atom stereocenters. The van der Waals surface area contributed by atoms with E-state index in [4.69, 9.17) is 10.5 Å². The molecule has 1 aliphatic rings. The number of ether oxygens (including phenoxy) is 1. The van der Waals surface area contributed by atoms with Crippen molar-refractivity contribution < 1.29 is 4.74 Å². The van der Waals surface area contributed by atoms with Crippen molar-refractivity contribution in [1.29, 1.82) is 0 Å². The van der Waals surface area contributed by atoms with Gasteiger partial charge in [0, 0.05) is 11.8 Å². The van der Waals surface area contributed by atoms with Crippen molar-refractivity contribution in [2.75, 3.05) is 12.3 Å². The van der Waals surface area contributed by atoms with Gasteiger partial charge in [0.25, 0.3) is 0 Å². The third-order valence-corrected chi connectivity index (χ3v) is 3.51. The van der Waals surface area contributed by atoms with Gasteiger partial charge in [-0.25, -0.2) is 4.98 Å². The second-order valence-corrected chi connectivity index (χ2v) is 4.57. The summed E-state index contributed by atoms with van der Waals surface area (Å²) in [6, 6.07) is 10.0. The van der Waals surface area contributed by atoms with Crippen LogP contribution < -0.4 is 10.5 Å². The zero-order chi connectivity index (χ0) is 12.8. The third kappa shape index (κ3) is 1.41. The predicted molar refractivity (Wildman–Crippen MR) is 72.0 cm³/mol. The Morgan fingerprint density at radius 3 is 3.11 bits per heavy atom. The lowest BCUT2D eigenvalue weighted by atomic mass is 10.1. The summed E-state index contributed by atoms with van der Waals surface area (Å²) in [6.45, 7) is 0.581. The molecule has 0 spiro atoms. The molecule has 5 nitrogen and oxygen atoms in total. The summed E-state index contributed by atoms with van der Waals surface area (Å²) < 4.78 is 7.74. The fourth-order valence-electron chi connectivity index (χ4n) is 2.66. The zero-order valence-corrected chi connectivity index (χ0v) is 10.2. The summed E-state index contributed by atoms with van der Waals surface area (Å²) in [4.78, 5) is 8.43. The fraction of sp³-hybridized carbons (Fsp3) is 0.143. The van der Waals surface area contributed by atoms with Gasteiger partial charge in [0.15, 0.2) is 0 Å². The number of aromatic nitrogens is 3. The summed E-state index contributed by atoms with van der Waals surface area (Å²) in [7, 11) is 0. The smallest absolute Gasteiger partial charge is 0.201 e. The predicted octanol–water partition coefficient (Wildman–Crippen LogP) is 2.00. The lowest BCUT2D eigenvalue weighted by Crippen LogP contribution is -2.14. The standard InChI is InChI=1S/C14H12N4O/c15-14-17-10-7-16-6-5-11(10)18(14)12-8-19-13-4-2-1-3-9(12)13/h1-7,12H,8H2,(H2,15,17). The highest BCUT2D eigenvalue weighted by molar-refractivity contribution is 5.77. The number of rotatable bonds is 1. The molecule has 3 aromatic rings. The van der Waals surface area contributed by atoms with Crippen LogP contribution in [0.2, 0.25) is 0 Å². The molecular weight excluding hydrogens is 240 g/mol. The molecule has 2 aromatic heterocycles. The van der Waals surface area contributed by atoms with Crippen LogP contribution in [0.1, 0.15) is 11.6 Å². The van der Waals surface area contributed by atoms with Crippen molar-refractivity contribution in [3.8, 4) is 5.75 Å². The van der Waals surface area contributed by atoms with Crippen LogP contribution in [-0.4, -0.2) is 21.1 Å². The minimum atomic E-state index is 0.0728. The molecule has 0 radical (unpaired) electrons. The van der Waals surface area contributed by atoms with Gasteiger partial charge in [0.05, 0.1) is 17.8 Å². The van der Waals surface area contributed by atoms with E-state index in [2.05, 4.69) is 16.0 Å². The Balaban J connectivity index is 1.95. The first-order valence-electron chi connectivity index (χ1n) is 6.14. The molecule has 3 heterocycles. The minimum absolute atomic E-state index is 0.0728. The van der Waals surface area contributed by atoms with Gasteiger partial charge in [-0.1, -0.05) is 18.2 Å². The van der Waals surface area contributed by atoms with Gasteiger partial charge in [0.1, 0.15) is 17.9 Å². The molecule has 1 aromatic carbocycles. The molecule has 19 heavy (non-hydrogen) atoms. The number of hydrogen-bond donors (Lipinski definition) is 1. The van der Waals surface area contributed by atoms with Crippen LogP contribution in [0.5, 0.6) is 5.75 Å². The van der Waals surface area contributed by atoms with Crippen molar-refractivity contribution in [2.24, 2.45) is 0 Å². The third-order valence-electron chi connectivity index (χ3n) is 3.51. The van der Waals surface area contributed by atoms with E-state index in [1.165, 1.54) is 0 Å². The van der Waals surface area contributed by atoms with E-state index in [9.17, 15) is 0 Å². The molecule has 5 heteroatoms. The van der Waals surface area contributed by atoms with Crippen LogP contribution in [0.3, 0.4) is 0 Å². The first-order chi connectivity index (χ1) is 9.34. The van der Waals surface area contributed by atoms with E-state index in [-0.39, 0.29) is 6.04 Å². The highest BCUT2D eigenvalue weighted by Crippen LogP contribution is 2.37. The van der Waals surface area contributed by atoms with Crippen LogP contribution in [0.15, 0.2) is 42.7 Å². The second-order valence-electron chi connectivity index (χ2n) is 4.57. The monoisotopic (exact) mass is 252 g/mol. The maximum Gasteiger partial charge on any atom is 0.201 e. The Hall–Kier alpha value is -2.56. The van der Waals surface area contributed by atoms with Crippen LogP contribution >= 0.6 is 0 Å². The maximum absolute atomic E-state index is 6.06. The zero-order valence-electron chi connectivity index (χ0n) is 10.2. The Morgan fingerprint density at radius 1 is 1.26 bits per heavy atom. The van der Waals surface area contributed by atoms with Crippen molar-refractivity contribution in [2.45, 2.75) is 6.04 Å². The van der Waals surface area contributed by atoms with Gasteiger partial charge in [-0.15, -0.1) is 0 Å². The molecule has 1 aliphatic heterocycles. The number of imidazole rings is 1. The maximum atomic E-state index is 6.06. The Kier molecular flexibility index (Phi) is 2.03. The summed E-state index contributed by atoms with van der Waals surface area (Å²) >= 11 is 0. The average molecular weight is 252 g/mol. The lowest BCUT2D eigenvalue weighted by molar-refractivity contribution is 0.320. The first-order valence-corrected chi connectivity index (χ1v) is 6.14. The summed E-state index contributed by atoms with van der Waals surface area (Å²) in [6.07, 6.45) is 3.48. The van der Waals surface area contributed by atoms with Gasteiger partial charge in [-0.2, -0.15) is 0 Å². The number of anilines is 1. The molecule has 0 fully saturated rings. The molecular formula is C14H12N4O. The van der Waals surface area contributed by atoms with E-state index >= 15 is 0 Å². The number of pyridine rings is 1. The number of nitrogens with zero attached hydrogens (tertiary/aromatic N) is 3. The normalized spacial score (nSPS) is 17.4. The largest absolute Gasteiger partial charge is 0.491 e. The fourth-order valence-corrected chi connectivity index (χ4v) is 2.66. The molecule has 0 bridgehead atoms. The van der Waals surface area contributed by atoms with Crippen molar-refractivity contribution in [3.05, 3.63) is 48.3 Å². The van der Waals surface area contributed by atoms with E-state index in [0.29, 0.717) is 12.6 Å². The second kappa shape index (κ2) is 3.71. The quantitative estimate of drug-likeness (QED) is 0.719. The van der Waals surface area contributed by atoms with Crippen LogP contribution in [0.4, 0.5) is 5.95 Å². The molecule has 94 valence electrons. The number of para-hydroxylation sites is 1. The van der Waals surface area contributed by atoms with Crippen molar-refractivity contribution in [1.82, 2.24) is 14.5 Å². The van der Waals surface area contributed by atoms with E-state index in [0.717, 1.165) is 22.3 Å². The van der Waals surface area contributed by atoms with Crippen LogP contribution in [0, 0.1) is 0 Å². The van der Waals surface area contributed by atoms with Gasteiger partial charge >= 0.3 is 0 Å². The topological polar surface area (TPSA) is 66.0 Å². The summed E-state index contributed by atoms with van der Waals surface area (Å²) in [5, 5.41) is 0. The Bertz CT molecular complexity index is 765. The number of nitrogens with two attached hydrogens (primary N) is 1. The Morgan fingerprint density at radius 2 is 2.16 bits per heavy atom. The summed E-state index contributed by atoms with van der Waals surface area (Å²) in [5.74, 6) is 1.41. The van der Waals surface area contributed by atoms with Gasteiger partial charge in [0.2, 0.25) is 5.95 Å². The molecule has 4 rings (SSSR count). The molecule has 2 N–H and O–H groups in total. The number of nitrogen functional groups attached to an aromatic ring is 1. The van der Waals surface area contributed by atoms with Crippen LogP contribution in [-0.2, 0) is 0 Å². The number of fused-ring (bicyclic) bond motifs is 2. The summed E-state index contributed by atoms with van der Waals surface area (Å²) in [5.41, 5.74) is 9.00. The first kappa shape index (κ1) is 10.4. The number of hydrogen-bond acceptors (Lipinski definition) is 4. The average Bonchev–Trinajstić information content (AvgIpc) is 2.98. The molecule has 0 saturated carbocycles. The molecule has 1 atom stereocenters. The molecule has 0 saturated heterocycles. The Labute approximate surface area is 109 Å². The van der Waals surface area contributed by atoms with Crippen molar-refractivity contribution in [3.63, 3.8) is 0 Å². The molecule has 0 amide bonds. The van der Waals surface area contributed by atoms with Crippen LogP contribution in [0.25, 0.3) is 11.0 Å². The van der Waals surface area contributed by atoms with E-state index in [1.807, 2.05) is 28.8 Å². The van der Waals surface area contributed by atoms with Gasteiger partial charge < -0.3 is 10.5 Å². The van der Waals surface area contributed by atoms with Gasteiger partial charge in [-0.05, 0) is 12.1 Å². The van der Waals surface area contributed by atoms with E-state index in [1.54, 1.807) is 12.4 Å². The molecule has 0 aliphatic carbocycles.